The van der Waals surface area contributed by atoms with Crippen molar-refractivity contribution in [3.8, 4) is 0 Å². The molecule has 0 radical (unpaired) electrons. The molecule has 3 heteroatoms. The van der Waals surface area contributed by atoms with E-state index in [9.17, 15) is 0 Å². The summed E-state index contributed by atoms with van der Waals surface area (Å²) in [5.74, 6) is 0. The third kappa shape index (κ3) is 1.85. The van der Waals surface area contributed by atoms with Gasteiger partial charge in [-0.05, 0) is 13.1 Å². The van der Waals surface area contributed by atoms with Crippen molar-refractivity contribution in [1.82, 2.24) is 4.90 Å². The van der Waals surface area contributed by atoms with E-state index in [0.29, 0.717) is 0 Å². The zero-order valence-corrected chi connectivity index (χ0v) is 9.60. The first-order valence-electron chi connectivity index (χ1n) is 5.27. The molecule has 3 nitrogen and oxygen atoms in total. The number of anilines is 1. The van der Waals surface area contributed by atoms with Crippen molar-refractivity contribution in [2.75, 3.05) is 39.2 Å². The Balaban J connectivity index is 2.45. The largest absolute Gasteiger partial charge is 0.373 e. The molecule has 1 aromatic rings. The van der Waals surface area contributed by atoms with Gasteiger partial charge in [-0.3, -0.25) is 4.90 Å². The van der Waals surface area contributed by atoms with Crippen LogP contribution in [-0.4, -0.2) is 39.2 Å². The first-order chi connectivity index (χ1) is 7.24. The van der Waals surface area contributed by atoms with Crippen molar-refractivity contribution in [2.45, 2.75) is 6.23 Å². The lowest BCUT2D eigenvalue weighted by Gasteiger charge is -2.24. The molecule has 0 aromatic heterocycles. The highest BCUT2D eigenvalue weighted by molar-refractivity contribution is 5.54. The number of rotatable bonds is 1. The predicted molar refractivity (Wildman–Crippen MR) is 62.1 cm³/mol. The summed E-state index contributed by atoms with van der Waals surface area (Å²) in [6, 6.07) is 8.44. The summed E-state index contributed by atoms with van der Waals surface area (Å²) < 4.78 is 5.56. The standard InChI is InChI=1S/C12H18N2O/c1-13-8-9-14(2)12(15-3)10-6-4-5-7-11(10)13/h4-7,12H,8-9H2,1-3H3. The van der Waals surface area contributed by atoms with Crippen molar-refractivity contribution in [2.24, 2.45) is 0 Å². The van der Waals surface area contributed by atoms with Gasteiger partial charge in [-0.25, -0.2) is 0 Å². The Bertz CT molecular complexity index is 340. The molecule has 1 aliphatic rings. The van der Waals surface area contributed by atoms with E-state index >= 15 is 0 Å². The second-order valence-corrected chi connectivity index (χ2v) is 4.05. The number of fused-ring (bicyclic) bond motifs is 1. The topological polar surface area (TPSA) is 15.7 Å². The van der Waals surface area contributed by atoms with Gasteiger partial charge in [0.05, 0.1) is 0 Å². The number of methoxy groups -OCH3 is 1. The summed E-state index contributed by atoms with van der Waals surface area (Å²) in [5, 5.41) is 0. The van der Waals surface area contributed by atoms with Crippen LogP contribution in [0.1, 0.15) is 11.8 Å². The highest BCUT2D eigenvalue weighted by atomic mass is 16.5. The number of hydrogen-bond donors (Lipinski definition) is 0. The van der Waals surface area contributed by atoms with Gasteiger partial charge < -0.3 is 9.64 Å². The van der Waals surface area contributed by atoms with Gasteiger partial charge in [-0.2, -0.15) is 0 Å². The van der Waals surface area contributed by atoms with Crippen LogP contribution in [0.2, 0.25) is 0 Å². The Morgan fingerprint density at radius 1 is 1.20 bits per heavy atom. The number of likely N-dealkylation sites (N-methyl/N-ethyl adjacent to an activating group) is 2. The molecular weight excluding hydrogens is 188 g/mol. The second kappa shape index (κ2) is 4.21. The highest BCUT2D eigenvalue weighted by Gasteiger charge is 2.24. The van der Waals surface area contributed by atoms with Gasteiger partial charge in [-0.15, -0.1) is 0 Å². The van der Waals surface area contributed by atoms with Crippen molar-refractivity contribution < 1.29 is 4.74 Å². The molecule has 82 valence electrons. The third-order valence-corrected chi connectivity index (χ3v) is 3.03. The van der Waals surface area contributed by atoms with E-state index in [4.69, 9.17) is 4.74 Å². The quantitative estimate of drug-likeness (QED) is 0.695. The first-order valence-corrected chi connectivity index (χ1v) is 5.27. The molecule has 0 fully saturated rings. The molecular formula is C12H18N2O. The molecule has 0 saturated carbocycles. The molecule has 15 heavy (non-hydrogen) atoms. The maximum absolute atomic E-state index is 5.56. The summed E-state index contributed by atoms with van der Waals surface area (Å²) >= 11 is 0. The van der Waals surface area contributed by atoms with E-state index in [1.165, 1.54) is 11.3 Å². The monoisotopic (exact) mass is 206 g/mol. The fraction of sp³-hybridized carbons (Fsp3) is 0.500. The molecule has 1 aliphatic heterocycles. The summed E-state index contributed by atoms with van der Waals surface area (Å²) in [6.07, 6.45) is 0.0751. The van der Waals surface area contributed by atoms with Gasteiger partial charge >= 0.3 is 0 Å². The van der Waals surface area contributed by atoms with Crippen LogP contribution < -0.4 is 4.90 Å². The smallest absolute Gasteiger partial charge is 0.138 e. The Hall–Kier alpha value is -1.06. The Labute approximate surface area is 91.2 Å². The van der Waals surface area contributed by atoms with Crippen LogP contribution in [0.25, 0.3) is 0 Å². The van der Waals surface area contributed by atoms with Gasteiger partial charge in [0, 0.05) is 38.5 Å². The van der Waals surface area contributed by atoms with E-state index in [1.54, 1.807) is 7.11 Å². The fourth-order valence-corrected chi connectivity index (χ4v) is 2.13. The Morgan fingerprint density at radius 2 is 1.93 bits per heavy atom. The number of nitrogens with zero attached hydrogens (tertiary/aromatic N) is 2. The lowest BCUT2D eigenvalue weighted by molar-refractivity contribution is -0.0156. The van der Waals surface area contributed by atoms with Crippen LogP contribution in [0, 0.1) is 0 Å². The van der Waals surface area contributed by atoms with Crippen LogP contribution in [0.4, 0.5) is 5.69 Å². The van der Waals surface area contributed by atoms with Crippen molar-refractivity contribution in [3.05, 3.63) is 29.8 Å². The molecule has 1 aromatic carbocycles. The molecule has 1 heterocycles. The predicted octanol–water partition coefficient (Wildman–Crippen LogP) is 1.71. The average molecular weight is 206 g/mol. The summed E-state index contributed by atoms with van der Waals surface area (Å²) in [5.41, 5.74) is 2.52. The summed E-state index contributed by atoms with van der Waals surface area (Å²) in [6.45, 7) is 2.05. The lowest BCUT2D eigenvalue weighted by atomic mass is 10.1. The van der Waals surface area contributed by atoms with E-state index in [0.717, 1.165) is 13.1 Å². The molecule has 0 bridgehead atoms. The number of ether oxygens (including phenoxy) is 1. The van der Waals surface area contributed by atoms with E-state index in [1.807, 2.05) is 0 Å². The number of hydrogen-bond acceptors (Lipinski definition) is 3. The molecule has 0 spiro atoms. The number of benzene rings is 1. The zero-order chi connectivity index (χ0) is 10.8. The minimum absolute atomic E-state index is 0.0751. The molecule has 0 N–H and O–H groups in total. The van der Waals surface area contributed by atoms with E-state index < -0.39 is 0 Å². The Kier molecular flexibility index (Phi) is 2.93. The van der Waals surface area contributed by atoms with Crippen LogP contribution in [0.3, 0.4) is 0 Å². The van der Waals surface area contributed by atoms with Crippen LogP contribution in [-0.2, 0) is 4.74 Å². The second-order valence-electron chi connectivity index (χ2n) is 4.05. The number of para-hydroxylation sites is 1. The molecule has 0 saturated heterocycles. The highest BCUT2D eigenvalue weighted by Crippen LogP contribution is 2.31. The van der Waals surface area contributed by atoms with Gasteiger partial charge in [0.1, 0.15) is 6.23 Å². The molecule has 1 atom stereocenters. The van der Waals surface area contributed by atoms with Gasteiger partial charge in [0.25, 0.3) is 0 Å². The summed E-state index contributed by atoms with van der Waals surface area (Å²) in [4.78, 5) is 4.52. The van der Waals surface area contributed by atoms with Crippen molar-refractivity contribution in [1.29, 1.82) is 0 Å². The maximum atomic E-state index is 5.56. The normalized spacial score (nSPS) is 22.3. The van der Waals surface area contributed by atoms with Gasteiger partial charge in [0.15, 0.2) is 0 Å². The minimum Gasteiger partial charge on any atom is -0.373 e. The minimum atomic E-state index is 0.0751. The molecule has 0 aliphatic carbocycles. The van der Waals surface area contributed by atoms with Crippen LogP contribution >= 0.6 is 0 Å². The van der Waals surface area contributed by atoms with E-state index in [2.05, 4.69) is 48.2 Å². The molecule has 1 unspecified atom stereocenters. The Morgan fingerprint density at radius 3 is 2.67 bits per heavy atom. The third-order valence-electron chi connectivity index (χ3n) is 3.03. The van der Waals surface area contributed by atoms with Crippen molar-refractivity contribution in [3.63, 3.8) is 0 Å². The van der Waals surface area contributed by atoms with Crippen LogP contribution in [0.5, 0.6) is 0 Å². The van der Waals surface area contributed by atoms with E-state index in [-0.39, 0.29) is 6.23 Å². The van der Waals surface area contributed by atoms with Crippen molar-refractivity contribution >= 4 is 5.69 Å². The summed E-state index contributed by atoms with van der Waals surface area (Å²) in [7, 11) is 6.00. The van der Waals surface area contributed by atoms with Gasteiger partial charge in [-0.1, -0.05) is 18.2 Å². The first kappa shape index (κ1) is 10.5. The lowest BCUT2D eigenvalue weighted by Crippen LogP contribution is -2.29. The maximum Gasteiger partial charge on any atom is 0.138 e. The average Bonchev–Trinajstić information content (AvgIpc) is 2.38. The molecule has 2 rings (SSSR count). The van der Waals surface area contributed by atoms with Gasteiger partial charge in [0.2, 0.25) is 0 Å². The zero-order valence-electron chi connectivity index (χ0n) is 9.60. The fourth-order valence-electron chi connectivity index (χ4n) is 2.13. The molecule has 0 amide bonds. The SMILES string of the molecule is COC1c2ccccc2N(C)CCN1C. The van der Waals surface area contributed by atoms with Crippen LogP contribution in [0.15, 0.2) is 24.3 Å².